The van der Waals surface area contributed by atoms with E-state index in [9.17, 15) is 4.79 Å². The van der Waals surface area contributed by atoms with Crippen LogP contribution in [0.15, 0.2) is 42.7 Å². The fraction of sp³-hybridized carbons (Fsp3) is 0.143. The first kappa shape index (κ1) is 10.8. The van der Waals surface area contributed by atoms with Crippen LogP contribution >= 0.6 is 0 Å². The second kappa shape index (κ2) is 4.49. The average Bonchev–Trinajstić information content (AvgIpc) is 2.59. The van der Waals surface area contributed by atoms with Crippen molar-refractivity contribution in [3.05, 3.63) is 42.7 Å². The van der Waals surface area contributed by atoms with Crippen LogP contribution in [0.3, 0.4) is 0 Å². The van der Waals surface area contributed by atoms with Crippen LogP contribution in [0.2, 0.25) is 0 Å². The monoisotopic (exact) mass is 240 g/mol. The van der Waals surface area contributed by atoms with Gasteiger partial charge in [0.1, 0.15) is 5.75 Å². The molecular formula is C14H12N2O2. The van der Waals surface area contributed by atoms with Gasteiger partial charge in [-0.2, -0.15) is 0 Å². The Hall–Kier alpha value is -2.36. The summed E-state index contributed by atoms with van der Waals surface area (Å²) in [4.78, 5) is 15.5. The highest BCUT2D eigenvalue weighted by atomic mass is 16.5. The van der Waals surface area contributed by atoms with Crippen LogP contribution in [-0.2, 0) is 4.79 Å². The lowest BCUT2D eigenvalue weighted by Gasteiger charge is -2.09. The smallest absolute Gasteiger partial charge is 0.227 e. The van der Waals surface area contributed by atoms with E-state index in [1.165, 1.54) is 0 Å². The first-order valence-corrected chi connectivity index (χ1v) is 5.80. The summed E-state index contributed by atoms with van der Waals surface area (Å²) in [6.45, 7) is 0.412. The van der Waals surface area contributed by atoms with Crippen LogP contribution in [0.4, 0.5) is 5.69 Å². The zero-order valence-electron chi connectivity index (χ0n) is 9.72. The molecule has 0 bridgehead atoms. The van der Waals surface area contributed by atoms with Crippen LogP contribution in [0.1, 0.15) is 6.42 Å². The Morgan fingerprint density at radius 3 is 3.00 bits per heavy atom. The molecule has 2 aromatic rings. The normalized spacial score (nSPS) is 14.1. The lowest BCUT2D eigenvalue weighted by atomic mass is 10.1. The number of ether oxygens (including phenoxy) is 1. The van der Waals surface area contributed by atoms with Crippen molar-refractivity contribution in [1.29, 1.82) is 0 Å². The Morgan fingerprint density at radius 1 is 1.22 bits per heavy atom. The van der Waals surface area contributed by atoms with Crippen molar-refractivity contribution in [2.75, 3.05) is 11.9 Å². The third-order valence-electron chi connectivity index (χ3n) is 2.84. The molecule has 0 aliphatic carbocycles. The number of fused-ring (bicyclic) bond motifs is 1. The third kappa shape index (κ3) is 2.05. The summed E-state index contributed by atoms with van der Waals surface area (Å²) in [5, 5.41) is 2.82. The van der Waals surface area contributed by atoms with Crippen molar-refractivity contribution >= 4 is 11.6 Å². The van der Waals surface area contributed by atoms with Gasteiger partial charge in [0.05, 0.1) is 18.7 Å². The lowest BCUT2D eigenvalue weighted by molar-refractivity contribution is -0.116. The topological polar surface area (TPSA) is 51.2 Å². The van der Waals surface area contributed by atoms with Crippen LogP contribution in [0, 0.1) is 0 Å². The van der Waals surface area contributed by atoms with E-state index in [4.69, 9.17) is 4.74 Å². The Labute approximate surface area is 105 Å². The molecule has 0 atom stereocenters. The Kier molecular flexibility index (Phi) is 2.68. The van der Waals surface area contributed by atoms with Crippen molar-refractivity contribution in [2.24, 2.45) is 0 Å². The molecule has 1 aromatic carbocycles. The number of hydrogen-bond acceptors (Lipinski definition) is 3. The third-order valence-corrected chi connectivity index (χ3v) is 2.84. The van der Waals surface area contributed by atoms with Crippen LogP contribution in [-0.4, -0.2) is 17.5 Å². The van der Waals surface area contributed by atoms with Crippen molar-refractivity contribution in [2.45, 2.75) is 6.42 Å². The zero-order chi connectivity index (χ0) is 12.4. The number of anilines is 1. The van der Waals surface area contributed by atoms with Gasteiger partial charge < -0.3 is 10.1 Å². The van der Waals surface area contributed by atoms with E-state index in [0.717, 1.165) is 16.8 Å². The minimum absolute atomic E-state index is 0.0112. The van der Waals surface area contributed by atoms with Crippen molar-refractivity contribution in [1.82, 2.24) is 4.98 Å². The van der Waals surface area contributed by atoms with E-state index in [-0.39, 0.29) is 5.91 Å². The molecule has 18 heavy (non-hydrogen) atoms. The molecule has 1 N–H and O–H groups in total. The van der Waals surface area contributed by atoms with Gasteiger partial charge in [-0.1, -0.05) is 12.1 Å². The Morgan fingerprint density at radius 2 is 2.17 bits per heavy atom. The number of carbonyl (C=O) groups is 1. The number of hydrogen-bond donors (Lipinski definition) is 1. The molecule has 1 amide bonds. The molecule has 0 radical (unpaired) electrons. The number of pyridine rings is 1. The predicted octanol–water partition coefficient (Wildman–Crippen LogP) is 2.47. The quantitative estimate of drug-likeness (QED) is 0.833. The minimum Gasteiger partial charge on any atom is -0.491 e. The molecule has 1 aromatic heterocycles. The maximum absolute atomic E-state index is 11.4. The van der Waals surface area contributed by atoms with Crippen LogP contribution in [0.5, 0.6) is 5.75 Å². The summed E-state index contributed by atoms with van der Waals surface area (Å²) in [6.07, 6.45) is 3.93. The number of carbonyl (C=O) groups excluding carboxylic acids is 1. The number of nitrogens with one attached hydrogen (secondary N) is 1. The summed E-state index contributed by atoms with van der Waals surface area (Å²) in [6, 6.07) is 9.62. The number of benzene rings is 1. The van der Waals surface area contributed by atoms with Crippen LogP contribution < -0.4 is 10.1 Å². The first-order chi connectivity index (χ1) is 8.83. The maximum Gasteiger partial charge on any atom is 0.227 e. The van der Waals surface area contributed by atoms with Gasteiger partial charge in [0.15, 0.2) is 0 Å². The van der Waals surface area contributed by atoms with E-state index >= 15 is 0 Å². The molecule has 3 rings (SSSR count). The maximum atomic E-state index is 11.4. The Balaban J connectivity index is 2.01. The standard InChI is InChI=1S/C14H12N2O2/c17-14-5-7-18-13-8-10(3-4-12(13)16-14)11-2-1-6-15-9-11/h1-4,6,8-9H,5,7H2,(H,16,17). The van der Waals surface area contributed by atoms with E-state index in [1.54, 1.807) is 12.4 Å². The van der Waals surface area contributed by atoms with Crippen molar-refractivity contribution < 1.29 is 9.53 Å². The van der Waals surface area contributed by atoms with Gasteiger partial charge in [0, 0.05) is 18.0 Å². The van der Waals surface area contributed by atoms with Gasteiger partial charge in [-0.3, -0.25) is 9.78 Å². The number of aromatic nitrogens is 1. The highest BCUT2D eigenvalue weighted by molar-refractivity contribution is 5.93. The first-order valence-electron chi connectivity index (χ1n) is 5.80. The SMILES string of the molecule is O=C1CCOc2cc(-c3cccnc3)ccc2N1. The molecular weight excluding hydrogens is 228 g/mol. The molecule has 4 heteroatoms. The predicted molar refractivity (Wildman–Crippen MR) is 68.4 cm³/mol. The highest BCUT2D eigenvalue weighted by Gasteiger charge is 2.14. The number of amides is 1. The van der Waals surface area contributed by atoms with Gasteiger partial charge >= 0.3 is 0 Å². The molecule has 4 nitrogen and oxygen atoms in total. The second-order valence-corrected chi connectivity index (χ2v) is 4.10. The molecule has 1 aliphatic heterocycles. The molecule has 0 saturated heterocycles. The molecule has 0 spiro atoms. The zero-order valence-corrected chi connectivity index (χ0v) is 9.72. The van der Waals surface area contributed by atoms with Gasteiger partial charge in [-0.15, -0.1) is 0 Å². The summed E-state index contributed by atoms with van der Waals surface area (Å²) >= 11 is 0. The van der Waals surface area contributed by atoms with E-state index < -0.39 is 0 Å². The largest absolute Gasteiger partial charge is 0.491 e. The van der Waals surface area contributed by atoms with E-state index in [0.29, 0.717) is 18.8 Å². The van der Waals surface area contributed by atoms with Gasteiger partial charge in [-0.25, -0.2) is 0 Å². The molecule has 1 aliphatic rings. The summed E-state index contributed by atoms with van der Waals surface area (Å²) in [5.41, 5.74) is 2.78. The van der Waals surface area contributed by atoms with Crippen molar-refractivity contribution in [3.63, 3.8) is 0 Å². The number of rotatable bonds is 1. The fourth-order valence-corrected chi connectivity index (χ4v) is 1.92. The highest BCUT2D eigenvalue weighted by Crippen LogP contribution is 2.32. The van der Waals surface area contributed by atoms with Crippen LogP contribution in [0.25, 0.3) is 11.1 Å². The van der Waals surface area contributed by atoms with E-state index in [1.807, 2.05) is 30.3 Å². The molecule has 0 saturated carbocycles. The summed E-state index contributed by atoms with van der Waals surface area (Å²) < 4.78 is 5.58. The number of nitrogens with zero attached hydrogens (tertiary/aromatic N) is 1. The van der Waals surface area contributed by atoms with Crippen molar-refractivity contribution in [3.8, 4) is 16.9 Å². The molecule has 0 fully saturated rings. The fourth-order valence-electron chi connectivity index (χ4n) is 1.92. The van der Waals surface area contributed by atoms with Gasteiger partial charge in [0.25, 0.3) is 0 Å². The Bertz CT molecular complexity index is 582. The van der Waals surface area contributed by atoms with E-state index in [2.05, 4.69) is 10.3 Å². The van der Waals surface area contributed by atoms with Gasteiger partial charge in [0.2, 0.25) is 5.91 Å². The molecule has 0 unspecified atom stereocenters. The van der Waals surface area contributed by atoms with Gasteiger partial charge in [-0.05, 0) is 23.8 Å². The molecule has 90 valence electrons. The average molecular weight is 240 g/mol. The summed E-state index contributed by atoms with van der Waals surface area (Å²) in [7, 11) is 0. The summed E-state index contributed by atoms with van der Waals surface area (Å²) in [5.74, 6) is 0.699. The second-order valence-electron chi connectivity index (χ2n) is 4.10. The minimum atomic E-state index is -0.0112. The lowest BCUT2D eigenvalue weighted by Crippen LogP contribution is -2.10. The molecule has 2 heterocycles.